The van der Waals surface area contributed by atoms with Crippen molar-refractivity contribution in [1.82, 2.24) is 4.90 Å². The van der Waals surface area contributed by atoms with Gasteiger partial charge in [0, 0.05) is 53.9 Å². The maximum absolute atomic E-state index is 13.6. The molecule has 2 aromatic carbocycles. The van der Waals surface area contributed by atoms with E-state index in [4.69, 9.17) is 9.47 Å². The summed E-state index contributed by atoms with van der Waals surface area (Å²) in [4.78, 5) is 61.9. The topological polar surface area (TPSA) is 179 Å². The van der Waals surface area contributed by atoms with E-state index in [0.29, 0.717) is 58.8 Å². The van der Waals surface area contributed by atoms with Crippen LogP contribution in [0.15, 0.2) is 52.9 Å². The van der Waals surface area contributed by atoms with Gasteiger partial charge >= 0.3 is 11.7 Å². The molecule has 3 aliphatic rings. The zero-order chi connectivity index (χ0) is 31.7. The number of carbonyl (C=O) groups is 3. The number of carbonyl (C=O) groups excluding carboxylic acids is 2. The van der Waals surface area contributed by atoms with Crippen molar-refractivity contribution in [2.45, 2.75) is 57.8 Å². The summed E-state index contributed by atoms with van der Waals surface area (Å²) in [7, 11) is 0. The number of halogens is 1. The molecule has 0 bridgehead atoms. The highest BCUT2D eigenvalue weighted by atomic mass is 127. The molecule has 0 spiro atoms. The molecule has 0 fully saturated rings. The van der Waals surface area contributed by atoms with Crippen LogP contribution in [0.2, 0.25) is 0 Å². The Balaban J connectivity index is 1.66. The maximum Gasteiger partial charge on any atom is 0.318 e. The van der Waals surface area contributed by atoms with Gasteiger partial charge in [-0.2, -0.15) is 0 Å². The van der Waals surface area contributed by atoms with Crippen LogP contribution in [0.1, 0.15) is 63.4 Å². The molecule has 0 amide bonds. The van der Waals surface area contributed by atoms with Crippen LogP contribution in [0, 0.1) is 23.8 Å². The fraction of sp³-hybridized carbons (Fsp3) is 0.367. The Morgan fingerprint density at radius 2 is 1.61 bits per heavy atom. The van der Waals surface area contributed by atoms with Gasteiger partial charge in [-0.05, 0) is 79.0 Å². The molecule has 1 N–H and O–H groups in total. The predicted molar refractivity (Wildman–Crippen MR) is 164 cm³/mol. The van der Waals surface area contributed by atoms with Crippen molar-refractivity contribution in [3.05, 3.63) is 82.2 Å². The molecule has 0 saturated heterocycles. The van der Waals surface area contributed by atoms with Crippen molar-refractivity contribution >= 4 is 51.5 Å². The molecule has 230 valence electrons. The lowest BCUT2D eigenvalue weighted by molar-refractivity contribution is -0.394. The van der Waals surface area contributed by atoms with Crippen molar-refractivity contribution in [2.75, 3.05) is 13.2 Å². The van der Waals surface area contributed by atoms with Crippen molar-refractivity contribution < 1.29 is 38.8 Å². The van der Waals surface area contributed by atoms with Crippen molar-refractivity contribution in [1.29, 1.82) is 0 Å². The lowest BCUT2D eigenvalue weighted by Crippen LogP contribution is -2.40. The van der Waals surface area contributed by atoms with E-state index in [9.17, 15) is 39.7 Å². The molecule has 44 heavy (non-hydrogen) atoms. The van der Waals surface area contributed by atoms with Gasteiger partial charge in [-0.3, -0.25) is 34.6 Å². The average Bonchev–Trinajstić information content (AvgIpc) is 2.97. The number of nitrogens with zero attached hydrogens (tertiary/aromatic N) is 3. The van der Waals surface area contributed by atoms with Crippen LogP contribution in [-0.2, 0) is 14.4 Å². The Kier molecular flexibility index (Phi) is 8.99. The fourth-order valence-corrected chi connectivity index (χ4v) is 6.84. The van der Waals surface area contributed by atoms with Crippen molar-refractivity contribution in [2.24, 2.45) is 0 Å². The number of carboxylic acids is 1. The predicted octanol–water partition coefficient (Wildman–Crippen LogP) is 6.19. The lowest BCUT2D eigenvalue weighted by atomic mass is 9.71. The Bertz CT molecular complexity index is 1620. The van der Waals surface area contributed by atoms with Crippen LogP contribution in [-0.4, -0.2) is 50.5 Å². The van der Waals surface area contributed by atoms with Gasteiger partial charge in [-0.25, -0.2) is 0 Å². The zero-order valence-electron chi connectivity index (χ0n) is 23.7. The average molecular weight is 717 g/mol. The second-order valence-corrected chi connectivity index (χ2v) is 11.7. The van der Waals surface area contributed by atoms with E-state index in [1.54, 1.807) is 19.1 Å². The Morgan fingerprint density at radius 3 is 2.16 bits per heavy atom. The van der Waals surface area contributed by atoms with E-state index in [1.807, 2.05) is 27.5 Å². The minimum atomic E-state index is -0.972. The molecule has 0 unspecified atom stereocenters. The summed E-state index contributed by atoms with van der Waals surface area (Å²) in [5.41, 5.74) is 2.00. The number of allylic oxidation sites excluding steroid dienone is 4. The smallest absolute Gasteiger partial charge is 0.318 e. The Hall–Kier alpha value is -4.34. The molecule has 1 aliphatic heterocycles. The summed E-state index contributed by atoms with van der Waals surface area (Å²) < 4.78 is 12.4. The van der Waals surface area contributed by atoms with Gasteiger partial charge in [0.25, 0.3) is 5.69 Å². The Morgan fingerprint density at radius 1 is 0.977 bits per heavy atom. The van der Waals surface area contributed by atoms with Gasteiger partial charge in [-0.1, -0.05) is 0 Å². The third-order valence-corrected chi connectivity index (χ3v) is 8.66. The number of hydrogen-bond acceptors (Lipinski definition) is 10. The number of nitro benzene ring substituents is 2. The number of carboxylic acid groups (broad SMARTS) is 1. The molecule has 13 nitrogen and oxygen atoms in total. The molecule has 5 rings (SSSR count). The number of benzene rings is 2. The maximum atomic E-state index is 13.6. The molecule has 14 heteroatoms. The molecule has 0 atom stereocenters. The number of non-ortho nitro benzene ring substituents is 1. The molecule has 0 aromatic heterocycles. The minimum Gasteiger partial charge on any atom is -0.490 e. The third-order valence-electron chi connectivity index (χ3n) is 7.86. The highest BCUT2D eigenvalue weighted by Crippen LogP contribution is 2.51. The van der Waals surface area contributed by atoms with Crippen LogP contribution in [0.3, 0.4) is 0 Å². The SMILES string of the molecule is CCOc1cc(C2C3=C(CCCC3=O)N(CCC(=O)O)C3=C2C(=O)CCC3)cc(I)c1Oc1ccc([N+](=O)[O-])cc1[N+](=O)[O-]. The summed E-state index contributed by atoms with van der Waals surface area (Å²) >= 11 is 1.99. The molecule has 0 radical (unpaired) electrons. The summed E-state index contributed by atoms with van der Waals surface area (Å²) in [6.45, 7) is 2.10. The van der Waals surface area contributed by atoms with Gasteiger partial charge in [0.2, 0.25) is 5.75 Å². The monoisotopic (exact) mass is 717 g/mol. The number of hydrogen-bond donors (Lipinski definition) is 1. The van der Waals surface area contributed by atoms with E-state index >= 15 is 0 Å². The quantitative estimate of drug-likeness (QED) is 0.168. The van der Waals surface area contributed by atoms with Crippen LogP contribution >= 0.6 is 22.6 Å². The lowest BCUT2D eigenvalue weighted by Gasteiger charge is -2.44. The zero-order valence-corrected chi connectivity index (χ0v) is 25.8. The van der Waals surface area contributed by atoms with Gasteiger partial charge in [-0.15, -0.1) is 0 Å². The highest BCUT2D eigenvalue weighted by molar-refractivity contribution is 14.1. The van der Waals surface area contributed by atoms with Gasteiger partial charge in [0.05, 0.1) is 32.5 Å². The van der Waals surface area contributed by atoms with Gasteiger partial charge in [0.15, 0.2) is 23.1 Å². The van der Waals surface area contributed by atoms with Crippen LogP contribution < -0.4 is 9.47 Å². The molecule has 0 saturated carbocycles. The second kappa shape index (κ2) is 12.7. The number of ether oxygens (including phenoxy) is 2. The van der Waals surface area contributed by atoms with Crippen LogP contribution in [0.25, 0.3) is 0 Å². The number of nitro groups is 2. The van der Waals surface area contributed by atoms with E-state index in [-0.39, 0.29) is 48.4 Å². The Labute approximate surface area is 264 Å². The van der Waals surface area contributed by atoms with E-state index in [1.165, 1.54) is 0 Å². The van der Waals surface area contributed by atoms with Gasteiger partial charge in [0.1, 0.15) is 0 Å². The molecular weight excluding hydrogens is 689 g/mol. The van der Waals surface area contributed by atoms with Crippen molar-refractivity contribution in [3.8, 4) is 17.2 Å². The number of rotatable bonds is 10. The first-order valence-corrected chi connectivity index (χ1v) is 15.2. The first-order chi connectivity index (χ1) is 21.0. The first kappa shape index (κ1) is 31.1. The molecule has 1 heterocycles. The molecule has 2 aliphatic carbocycles. The molecular formula is C30H28IN3O10. The van der Waals surface area contributed by atoms with Gasteiger partial charge < -0.3 is 19.5 Å². The second-order valence-electron chi connectivity index (χ2n) is 10.5. The first-order valence-electron chi connectivity index (χ1n) is 14.1. The van der Waals surface area contributed by atoms with Crippen LogP contribution in [0.4, 0.5) is 11.4 Å². The fourth-order valence-electron chi connectivity index (χ4n) is 6.10. The van der Waals surface area contributed by atoms with E-state index < -0.39 is 33.1 Å². The van der Waals surface area contributed by atoms with E-state index in [2.05, 4.69) is 0 Å². The number of aliphatic carboxylic acids is 1. The van der Waals surface area contributed by atoms with Crippen LogP contribution in [0.5, 0.6) is 17.2 Å². The summed E-state index contributed by atoms with van der Waals surface area (Å²) in [5.74, 6) is -1.74. The van der Waals surface area contributed by atoms with Crippen molar-refractivity contribution in [3.63, 3.8) is 0 Å². The number of ketones is 2. The van der Waals surface area contributed by atoms with E-state index in [0.717, 1.165) is 29.6 Å². The number of Topliss-reactive ketones (excluding diaryl/α,β-unsaturated/α-hetero) is 2. The largest absolute Gasteiger partial charge is 0.490 e. The third kappa shape index (κ3) is 5.89. The normalized spacial score (nSPS) is 16.9. The summed E-state index contributed by atoms with van der Waals surface area (Å²) in [6, 6.07) is 6.48. The standard InChI is InChI=1S/C30H28IN3O10/c1-2-43-25-14-16(13-18(31)30(25)44-24-10-9-17(33(39)40)15-21(24)34(41)42)27-28-19(5-3-7-22(28)35)32(12-11-26(37)38)20-6-4-8-23(36)29(20)27/h9-10,13-15,27H,2-8,11-12H2,1H3,(H,37,38). The highest BCUT2D eigenvalue weighted by Gasteiger charge is 2.43. The minimum absolute atomic E-state index is 0.101. The summed E-state index contributed by atoms with van der Waals surface area (Å²) in [6.07, 6.45) is 2.84. The summed E-state index contributed by atoms with van der Waals surface area (Å²) in [5, 5.41) is 32.4. The molecule has 2 aromatic rings.